The first-order valence-corrected chi connectivity index (χ1v) is 5.39. The molecule has 1 aliphatic rings. The zero-order valence-corrected chi connectivity index (χ0v) is 9.25. The van der Waals surface area contributed by atoms with Gasteiger partial charge in [-0.2, -0.15) is 0 Å². The van der Waals surface area contributed by atoms with Gasteiger partial charge < -0.3 is 5.11 Å². The fourth-order valence-electron chi connectivity index (χ4n) is 1.25. The average molecular weight is 276 g/mol. The second kappa shape index (κ2) is 3.38. The normalized spacial score (nSPS) is 19.6. The Kier molecular flexibility index (Phi) is 2.34. The fraction of sp³-hybridized carbons (Fsp3) is 0.125. The molecule has 2 heterocycles. The van der Waals surface area contributed by atoms with Crippen LogP contribution in [0.5, 0.6) is 0 Å². The molecule has 1 aromatic heterocycles. The molecule has 1 aromatic rings. The van der Waals surface area contributed by atoms with Gasteiger partial charge in [-0.1, -0.05) is 6.08 Å². The first kappa shape index (κ1) is 9.70. The standard InChI is InChI=1S/C8H6BrNO3S/c9-6-3-4-1-2-5(8(11)12)10(13)7(4)14-6/h1-3,5,13H,(H,11,12). The number of aliphatic carboxylic acids is 1. The first-order valence-electron chi connectivity index (χ1n) is 3.78. The predicted octanol–water partition coefficient (Wildman–Crippen LogP) is 2.19. The van der Waals surface area contributed by atoms with Crippen molar-refractivity contribution >= 4 is 44.3 Å². The molecule has 1 atom stereocenters. The van der Waals surface area contributed by atoms with Gasteiger partial charge in [0.05, 0.1) is 3.79 Å². The van der Waals surface area contributed by atoms with Gasteiger partial charge in [0.2, 0.25) is 0 Å². The minimum Gasteiger partial charge on any atom is -0.479 e. The molecule has 0 aliphatic carbocycles. The van der Waals surface area contributed by atoms with Gasteiger partial charge in [-0.25, -0.2) is 9.86 Å². The van der Waals surface area contributed by atoms with E-state index in [0.717, 1.165) is 14.4 Å². The lowest BCUT2D eigenvalue weighted by Crippen LogP contribution is -2.38. The van der Waals surface area contributed by atoms with E-state index in [1.807, 2.05) is 6.07 Å². The minimum absolute atomic E-state index is 0.548. The van der Waals surface area contributed by atoms with Gasteiger partial charge in [0.25, 0.3) is 0 Å². The highest BCUT2D eigenvalue weighted by atomic mass is 79.9. The maximum Gasteiger partial charge on any atom is 0.333 e. The SMILES string of the molecule is O=C(O)C1C=Cc2cc(Br)sc2N1O. The number of hydrogen-bond donors (Lipinski definition) is 2. The number of rotatable bonds is 1. The Hall–Kier alpha value is -0.850. The van der Waals surface area contributed by atoms with Crippen LogP contribution in [0.15, 0.2) is 15.9 Å². The summed E-state index contributed by atoms with van der Waals surface area (Å²) in [6.07, 6.45) is 3.14. The second-order valence-electron chi connectivity index (χ2n) is 2.80. The number of carboxylic acid groups (broad SMARTS) is 1. The largest absolute Gasteiger partial charge is 0.479 e. The number of carbonyl (C=O) groups is 1. The fourth-order valence-corrected chi connectivity index (χ4v) is 2.78. The summed E-state index contributed by atoms with van der Waals surface area (Å²) in [6.45, 7) is 0. The number of hydroxylamine groups is 1. The highest BCUT2D eigenvalue weighted by Gasteiger charge is 2.28. The molecule has 2 N–H and O–H groups in total. The Morgan fingerprint density at radius 3 is 3.00 bits per heavy atom. The van der Waals surface area contributed by atoms with Gasteiger partial charge in [-0.05, 0) is 28.1 Å². The lowest BCUT2D eigenvalue weighted by atomic mass is 10.1. The predicted molar refractivity (Wildman–Crippen MR) is 56.7 cm³/mol. The summed E-state index contributed by atoms with van der Waals surface area (Å²) in [7, 11) is 0. The summed E-state index contributed by atoms with van der Waals surface area (Å²) in [5.74, 6) is -1.07. The maximum absolute atomic E-state index is 10.7. The van der Waals surface area contributed by atoms with E-state index in [2.05, 4.69) is 15.9 Å². The number of hydrogen-bond acceptors (Lipinski definition) is 4. The molecule has 0 saturated heterocycles. The van der Waals surface area contributed by atoms with E-state index in [0.29, 0.717) is 5.00 Å². The molecule has 4 nitrogen and oxygen atoms in total. The van der Waals surface area contributed by atoms with Gasteiger partial charge in [0.1, 0.15) is 5.00 Å². The molecule has 1 unspecified atom stereocenters. The van der Waals surface area contributed by atoms with Crippen molar-refractivity contribution in [2.45, 2.75) is 6.04 Å². The minimum atomic E-state index is -1.07. The van der Waals surface area contributed by atoms with Crippen LogP contribution >= 0.6 is 27.3 Å². The molecular formula is C8H6BrNO3S. The zero-order valence-electron chi connectivity index (χ0n) is 6.85. The highest BCUT2D eigenvalue weighted by Crippen LogP contribution is 2.38. The van der Waals surface area contributed by atoms with Crippen molar-refractivity contribution in [3.05, 3.63) is 21.5 Å². The Morgan fingerprint density at radius 2 is 2.36 bits per heavy atom. The van der Waals surface area contributed by atoms with Crippen LogP contribution in [0.1, 0.15) is 5.56 Å². The van der Waals surface area contributed by atoms with E-state index < -0.39 is 12.0 Å². The third kappa shape index (κ3) is 1.45. The number of fused-ring (bicyclic) bond motifs is 1. The number of carboxylic acids is 1. The Bertz CT molecular complexity index is 415. The molecule has 0 spiro atoms. The zero-order chi connectivity index (χ0) is 10.3. The van der Waals surface area contributed by atoms with Gasteiger partial charge in [0.15, 0.2) is 6.04 Å². The van der Waals surface area contributed by atoms with E-state index in [4.69, 9.17) is 5.11 Å². The lowest BCUT2D eigenvalue weighted by molar-refractivity contribution is -0.138. The molecular weight excluding hydrogens is 270 g/mol. The van der Waals surface area contributed by atoms with Crippen LogP contribution in [0.3, 0.4) is 0 Å². The molecule has 1 aliphatic heterocycles. The van der Waals surface area contributed by atoms with Crippen LogP contribution in [-0.4, -0.2) is 22.3 Å². The van der Waals surface area contributed by atoms with Crippen LogP contribution in [0.2, 0.25) is 0 Å². The quantitative estimate of drug-likeness (QED) is 0.825. The molecule has 74 valence electrons. The first-order chi connectivity index (χ1) is 6.59. The van der Waals surface area contributed by atoms with Crippen molar-refractivity contribution in [1.29, 1.82) is 0 Å². The van der Waals surface area contributed by atoms with Crippen molar-refractivity contribution in [1.82, 2.24) is 0 Å². The molecule has 0 bridgehead atoms. The van der Waals surface area contributed by atoms with Crippen molar-refractivity contribution < 1.29 is 15.1 Å². The van der Waals surface area contributed by atoms with Crippen LogP contribution < -0.4 is 5.06 Å². The number of halogens is 1. The number of thiophene rings is 1. The molecule has 2 rings (SSSR count). The summed E-state index contributed by atoms with van der Waals surface area (Å²) in [6, 6.07) is 0.839. The van der Waals surface area contributed by atoms with E-state index >= 15 is 0 Å². The topological polar surface area (TPSA) is 60.8 Å². The molecule has 6 heteroatoms. The van der Waals surface area contributed by atoms with Crippen LogP contribution in [0, 0.1) is 0 Å². The van der Waals surface area contributed by atoms with Crippen molar-refractivity contribution in [2.75, 3.05) is 5.06 Å². The molecule has 0 radical (unpaired) electrons. The monoisotopic (exact) mass is 275 g/mol. The summed E-state index contributed by atoms with van der Waals surface area (Å²) < 4.78 is 0.859. The molecule has 0 saturated carbocycles. The van der Waals surface area contributed by atoms with Crippen LogP contribution in [0.4, 0.5) is 5.00 Å². The Balaban J connectivity index is 2.43. The molecule has 14 heavy (non-hydrogen) atoms. The van der Waals surface area contributed by atoms with E-state index in [1.54, 1.807) is 6.08 Å². The van der Waals surface area contributed by atoms with Crippen LogP contribution in [-0.2, 0) is 4.79 Å². The summed E-state index contributed by atoms with van der Waals surface area (Å²) >= 11 is 4.57. The van der Waals surface area contributed by atoms with E-state index in [9.17, 15) is 10.0 Å². The summed E-state index contributed by atoms with van der Waals surface area (Å²) in [4.78, 5) is 10.7. The number of anilines is 1. The van der Waals surface area contributed by atoms with Crippen molar-refractivity contribution in [3.8, 4) is 0 Å². The highest BCUT2D eigenvalue weighted by molar-refractivity contribution is 9.11. The van der Waals surface area contributed by atoms with Crippen LogP contribution in [0.25, 0.3) is 6.08 Å². The van der Waals surface area contributed by atoms with E-state index in [-0.39, 0.29) is 0 Å². The molecule has 0 aromatic carbocycles. The van der Waals surface area contributed by atoms with Gasteiger partial charge >= 0.3 is 5.97 Å². The smallest absolute Gasteiger partial charge is 0.333 e. The van der Waals surface area contributed by atoms with Gasteiger partial charge in [0, 0.05) is 5.56 Å². The second-order valence-corrected chi connectivity index (χ2v) is 5.21. The Labute approximate surface area is 92.2 Å². The van der Waals surface area contributed by atoms with Gasteiger partial charge in [-0.15, -0.1) is 11.3 Å². The molecule has 0 amide bonds. The Morgan fingerprint density at radius 1 is 1.64 bits per heavy atom. The van der Waals surface area contributed by atoms with E-state index in [1.165, 1.54) is 17.4 Å². The summed E-state index contributed by atoms with van der Waals surface area (Å²) in [5, 5.41) is 19.7. The van der Waals surface area contributed by atoms with Gasteiger partial charge in [-0.3, -0.25) is 5.21 Å². The third-order valence-electron chi connectivity index (χ3n) is 1.89. The average Bonchev–Trinajstić information content (AvgIpc) is 2.46. The lowest BCUT2D eigenvalue weighted by Gasteiger charge is -2.24. The van der Waals surface area contributed by atoms with Crippen molar-refractivity contribution in [3.63, 3.8) is 0 Å². The number of nitrogens with zero attached hydrogens (tertiary/aromatic N) is 1. The molecule has 0 fully saturated rings. The van der Waals surface area contributed by atoms with Crippen molar-refractivity contribution in [2.24, 2.45) is 0 Å². The maximum atomic E-state index is 10.7. The summed E-state index contributed by atoms with van der Waals surface area (Å²) in [5.41, 5.74) is 0.821. The third-order valence-corrected chi connectivity index (χ3v) is 3.54.